The molecule has 1 unspecified atom stereocenters. The van der Waals surface area contributed by atoms with E-state index in [1.165, 1.54) is 12.8 Å². The number of rotatable bonds is 7. The van der Waals surface area contributed by atoms with Crippen molar-refractivity contribution in [3.63, 3.8) is 0 Å². The lowest BCUT2D eigenvalue weighted by molar-refractivity contribution is -0.0419. The maximum Gasteiger partial charge on any atom is 0.120 e. The van der Waals surface area contributed by atoms with Gasteiger partial charge in [-0.05, 0) is 37.5 Å². The Balaban J connectivity index is 1.54. The molecule has 2 rings (SSSR count). The average molecular weight is 275 g/mol. The smallest absolute Gasteiger partial charge is 0.120 e. The molecule has 1 aliphatic heterocycles. The third-order valence-electron chi connectivity index (χ3n) is 3.24. The Morgan fingerprint density at radius 2 is 2.25 bits per heavy atom. The third-order valence-corrected chi connectivity index (χ3v) is 3.24. The van der Waals surface area contributed by atoms with E-state index in [-0.39, 0.29) is 6.10 Å². The van der Waals surface area contributed by atoms with Gasteiger partial charge in [-0.15, -0.1) is 0 Å². The zero-order valence-corrected chi connectivity index (χ0v) is 11.7. The standard InChI is InChI=1S/C16H21NO3/c17-12-14-5-3-7-15(11-14)19-10-4-8-18-13-16-6-1-2-9-20-16/h3,5,7,11,16H,1-2,4,6,8-10,13H2. The summed E-state index contributed by atoms with van der Waals surface area (Å²) in [7, 11) is 0. The van der Waals surface area contributed by atoms with Crippen LogP contribution < -0.4 is 4.74 Å². The summed E-state index contributed by atoms with van der Waals surface area (Å²) < 4.78 is 16.8. The first kappa shape index (κ1) is 14.8. The molecule has 20 heavy (non-hydrogen) atoms. The molecule has 1 saturated heterocycles. The van der Waals surface area contributed by atoms with Gasteiger partial charge in [0.2, 0.25) is 0 Å². The zero-order valence-electron chi connectivity index (χ0n) is 11.7. The molecular weight excluding hydrogens is 254 g/mol. The van der Waals surface area contributed by atoms with Crippen LogP contribution in [-0.4, -0.2) is 32.5 Å². The highest BCUT2D eigenvalue weighted by molar-refractivity contribution is 5.36. The summed E-state index contributed by atoms with van der Waals surface area (Å²) >= 11 is 0. The quantitative estimate of drug-likeness (QED) is 0.718. The number of ether oxygens (including phenoxy) is 3. The van der Waals surface area contributed by atoms with Gasteiger partial charge in [0.15, 0.2) is 0 Å². The molecule has 1 aromatic rings. The van der Waals surface area contributed by atoms with Crippen molar-refractivity contribution in [1.29, 1.82) is 5.26 Å². The lowest BCUT2D eigenvalue weighted by atomic mass is 10.1. The van der Waals surface area contributed by atoms with Crippen molar-refractivity contribution in [2.45, 2.75) is 31.8 Å². The minimum absolute atomic E-state index is 0.275. The van der Waals surface area contributed by atoms with Crippen LogP contribution in [-0.2, 0) is 9.47 Å². The van der Waals surface area contributed by atoms with Gasteiger partial charge in [0, 0.05) is 19.6 Å². The van der Waals surface area contributed by atoms with Crippen LogP contribution in [0.25, 0.3) is 0 Å². The molecular formula is C16H21NO3. The van der Waals surface area contributed by atoms with Crippen LogP contribution >= 0.6 is 0 Å². The van der Waals surface area contributed by atoms with E-state index in [2.05, 4.69) is 6.07 Å². The third kappa shape index (κ3) is 5.20. The second-order valence-electron chi connectivity index (χ2n) is 4.91. The van der Waals surface area contributed by atoms with Gasteiger partial charge in [-0.1, -0.05) is 6.07 Å². The van der Waals surface area contributed by atoms with Gasteiger partial charge in [-0.25, -0.2) is 0 Å². The highest BCUT2D eigenvalue weighted by Gasteiger charge is 2.13. The Labute approximate surface area is 120 Å². The fourth-order valence-corrected chi connectivity index (χ4v) is 2.16. The first-order valence-electron chi connectivity index (χ1n) is 7.21. The lowest BCUT2D eigenvalue weighted by Gasteiger charge is -2.22. The Kier molecular flexibility index (Phi) is 6.36. The minimum atomic E-state index is 0.275. The number of hydrogen-bond acceptors (Lipinski definition) is 4. The molecule has 0 N–H and O–H groups in total. The van der Waals surface area contributed by atoms with Gasteiger partial charge in [-0.3, -0.25) is 0 Å². The minimum Gasteiger partial charge on any atom is -0.493 e. The van der Waals surface area contributed by atoms with Gasteiger partial charge in [-0.2, -0.15) is 5.26 Å². The Morgan fingerprint density at radius 1 is 1.30 bits per heavy atom. The molecule has 4 nitrogen and oxygen atoms in total. The predicted molar refractivity (Wildman–Crippen MR) is 75.7 cm³/mol. The number of hydrogen-bond donors (Lipinski definition) is 0. The summed E-state index contributed by atoms with van der Waals surface area (Å²) in [5.41, 5.74) is 0.619. The van der Waals surface area contributed by atoms with Crippen LogP contribution in [0.2, 0.25) is 0 Å². The van der Waals surface area contributed by atoms with E-state index in [4.69, 9.17) is 19.5 Å². The molecule has 1 aliphatic rings. The number of nitriles is 1. The summed E-state index contributed by atoms with van der Waals surface area (Å²) in [6, 6.07) is 9.29. The summed E-state index contributed by atoms with van der Waals surface area (Å²) in [6.45, 7) is 2.83. The molecule has 0 amide bonds. The summed E-state index contributed by atoms with van der Waals surface area (Å²) in [4.78, 5) is 0. The topological polar surface area (TPSA) is 51.5 Å². The summed E-state index contributed by atoms with van der Waals surface area (Å²) in [6.07, 6.45) is 4.64. The van der Waals surface area contributed by atoms with E-state index in [1.54, 1.807) is 12.1 Å². The number of nitrogens with zero attached hydrogens (tertiary/aromatic N) is 1. The van der Waals surface area contributed by atoms with Crippen LogP contribution in [0.4, 0.5) is 0 Å². The summed E-state index contributed by atoms with van der Waals surface area (Å²) in [5, 5.41) is 8.79. The normalized spacial score (nSPS) is 18.4. The molecule has 0 radical (unpaired) electrons. The van der Waals surface area contributed by atoms with E-state index in [0.717, 1.165) is 25.2 Å². The van der Waals surface area contributed by atoms with Crippen molar-refractivity contribution in [3.05, 3.63) is 29.8 Å². The molecule has 0 spiro atoms. The second-order valence-corrected chi connectivity index (χ2v) is 4.91. The Bertz CT molecular complexity index is 436. The maximum atomic E-state index is 8.79. The molecule has 4 heteroatoms. The molecule has 1 aromatic carbocycles. The van der Waals surface area contributed by atoms with Crippen LogP contribution in [0.15, 0.2) is 24.3 Å². The molecule has 1 fully saturated rings. The van der Waals surface area contributed by atoms with Gasteiger partial charge < -0.3 is 14.2 Å². The molecule has 108 valence electrons. The van der Waals surface area contributed by atoms with Crippen molar-refractivity contribution >= 4 is 0 Å². The van der Waals surface area contributed by atoms with Crippen LogP contribution in [0, 0.1) is 11.3 Å². The van der Waals surface area contributed by atoms with E-state index in [0.29, 0.717) is 25.4 Å². The van der Waals surface area contributed by atoms with E-state index >= 15 is 0 Å². The highest BCUT2D eigenvalue weighted by Crippen LogP contribution is 2.14. The average Bonchev–Trinajstić information content (AvgIpc) is 2.52. The molecule has 0 aliphatic carbocycles. The van der Waals surface area contributed by atoms with Gasteiger partial charge >= 0.3 is 0 Å². The van der Waals surface area contributed by atoms with Gasteiger partial charge in [0.25, 0.3) is 0 Å². The van der Waals surface area contributed by atoms with Gasteiger partial charge in [0.1, 0.15) is 5.75 Å². The Morgan fingerprint density at radius 3 is 3.05 bits per heavy atom. The maximum absolute atomic E-state index is 8.79. The monoisotopic (exact) mass is 275 g/mol. The summed E-state index contributed by atoms with van der Waals surface area (Å²) in [5.74, 6) is 0.736. The van der Waals surface area contributed by atoms with Crippen molar-refractivity contribution in [2.75, 3.05) is 26.4 Å². The van der Waals surface area contributed by atoms with E-state index in [9.17, 15) is 0 Å². The Hall–Kier alpha value is -1.57. The second kappa shape index (κ2) is 8.57. The van der Waals surface area contributed by atoms with Crippen molar-refractivity contribution in [1.82, 2.24) is 0 Å². The number of benzene rings is 1. The fraction of sp³-hybridized carbons (Fsp3) is 0.562. The SMILES string of the molecule is N#Cc1cccc(OCCCOCC2CCCCO2)c1. The zero-order chi connectivity index (χ0) is 14.0. The van der Waals surface area contributed by atoms with Crippen molar-refractivity contribution in [2.24, 2.45) is 0 Å². The van der Waals surface area contributed by atoms with E-state index in [1.807, 2.05) is 12.1 Å². The lowest BCUT2D eigenvalue weighted by Crippen LogP contribution is -2.24. The fourth-order valence-electron chi connectivity index (χ4n) is 2.16. The molecule has 1 heterocycles. The molecule has 0 bridgehead atoms. The first-order valence-corrected chi connectivity index (χ1v) is 7.21. The van der Waals surface area contributed by atoms with Crippen LogP contribution in [0.5, 0.6) is 5.75 Å². The van der Waals surface area contributed by atoms with Crippen molar-refractivity contribution < 1.29 is 14.2 Å². The highest BCUT2D eigenvalue weighted by atomic mass is 16.5. The predicted octanol–water partition coefficient (Wildman–Crippen LogP) is 2.91. The largest absolute Gasteiger partial charge is 0.493 e. The molecule has 0 aromatic heterocycles. The van der Waals surface area contributed by atoms with Gasteiger partial charge in [0.05, 0.1) is 31.0 Å². The molecule has 1 atom stereocenters. The first-order chi connectivity index (χ1) is 9.88. The van der Waals surface area contributed by atoms with Crippen LogP contribution in [0.3, 0.4) is 0 Å². The van der Waals surface area contributed by atoms with Crippen LogP contribution in [0.1, 0.15) is 31.2 Å². The van der Waals surface area contributed by atoms with E-state index < -0.39 is 0 Å². The van der Waals surface area contributed by atoms with Crippen molar-refractivity contribution in [3.8, 4) is 11.8 Å². The molecule has 0 saturated carbocycles.